The van der Waals surface area contributed by atoms with Gasteiger partial charge >= 0.3 is 6.18 Å². The van der Waals surface area contributed by atoms with Gasteiger partial charge in [0.05, 0.1) is 41.9 Å². The van der Waals surface area contributed by atoms with Crippen molar-refractivity contribution in [2.24, 2.45) is 0 Å². The number of nitrogens with one attached hydrogen (secondary N) is 1. The van der Waals surface area contributed by atoms with Gasteiger partial charge in [0.15, 0.2) is 11.0 Å². The van der Waals surface area contributed by atoms with Crippen LogP contribution in [0.1, 0.15) is 5.56 Å². The molecule has 8 nitrogen and oxygen atoms in total. The van der Waals surface area contributed by atoms with E-state index in [1.165, 1.54) is 31.2 Å². The summed E-state index contributed by atoms with van der Waals surface area (Å²) in [7, 11) is 2.96. The van der Waals surface area contributed by atoms with E-state index >= 15 is 0 Å². The lowest BCUT2D eigenvalue weighted by Crippen LogP contribution is -2.15. The van der Waals surface area contributed by atoms with Crippen LogP contribution in [0.15, 0.2) is 66.1 Å². The first kappa shape index (κ1) is 26.3. The van der Waals surface area contributed by atoms with E-state index in [0.717, 1.165) is 30.0 Å². The molecule has 4 rings (SSSR count). The maximum atomic E-state index is 13.5. The molecule has 0 atom stereocenters. The first-order chi connectivity index (χ1) is 17.7. The molecule has 0 aliphatic rings. The maximum Gasteiger partial charge on any atom is 0.416 e. The first-order valence-corrected chi connectivity index (χ1v) is 11.9. The van der Waals surface area contributed by atoms with Gasteiger partial charge in [-0.05, 0) is 42.5 Å². The minimum Gasteiger partial charge on any atom is -0.497 e. The van der Waals surface area contributed by atoms with E-state index in [1.54, 1.807) is 30.3 Å². The van der Waals surface area contributed by atoms with Crippen molar-refractivity contribution in [2.75, 3.05) is 25.3 Å². The van der Waals surface area contributed by atoms with Crippen LogP contribution in [0.4, 0.5) is 18.9 Å². The number of benzene rings is 2. The predicted octanol–water partition coefficient (Wildman–Crippen LogP) is 5.75. The zero-order chi connectivity index (χ0) is 26.6. The Hall–Kier alpha value is -3.77. The number of alkyl halides is 3. The van der Waals surface area contributed by atoms with Crippen molar-refractivity contribution < 1.29 is 27.4 Å². The summed E-state index contributed by atoms with van der Waals surface area (Å²) in [4.78, 5) is 16.7. The van der Waals surface area contributed by atoms with E-state index in [0.29, 0.717) is 22.7 Å². The number of nitrogens with zero attached hydrogens (tertiary/aromatic N) is 4. The Morgan fingerprint density at radius 1 is 1.05 bits per heavy atom. The van der Waals surface area contributed by atoms with Gasteiger partial charge in [-0.2, -0.15) is 13.2 Å². The minimum absolute atomic E-state index is 0.0191. The Kier molecular flexibility index (Phi) is 7.89. The number of hydrogen-bond acceptors (Lipinski definition) is 7. The molecule has 37 heavy (non-hydrogen) atoms. The summed E-state index contributed by atoms with van der Waals surface area (Å²) in [6.45, 7) is 0. The number of methoxy groups -OCH3 is 2. The zero-order valence-electron chi connectivity index (χ0n) is 19.4. The molecule has 0 bridgehead atoms. The Labute approximate surface area is 218 Å². The molecule has 0 fully saturated rings. The van der Waals surface area contributed by atoms with Crippen molar-refractivity contribution in [3.8, 4) is 28.6 Å². The van der Waals surface area contributed by atoms with Crippen LogP contribution in [0, 0.1) is 0 Å². The standard InChI is InChI=1S/C24H19ClF3N5O3S/c1-35-16-4-6-20(36-2)18(12-16)30-21(34)13-37-23-32-31-22(14-7-9-29-10-8-14)33(23)19-11-15(24(26,27)28)3-5-17(19)25/h3-12H,13H2,1-2H3,(H,30,34). The van der Waals surface area contributed by atoms with Gasteiger partial charge in [0, 0.05) is 24.0 Å². The predicted molar refractivity (Wildman–Crippen MR) is 134 cm³/mol. The number of rotatable bonds is 8. The Balaban J connectivity index is 1.67. The molecular weight excluding hydrogens is 531 g/mol. The second-order valence-electron chi connectivity index (χ2n) is 7.44. The molecule has 0 aliphatic carbocycles. The highest BCUT2D eigenvalue weighted by Gasteiger charge is 2.32. The fourth-order valence-corrected chi connectivity index (χ4v) is 4.30. The Bertz CT molecular complexity index is 1420. The lowest BCUT2D eigenvalue weighted by Gasteiger charge is -2.15. The van der Waals surface area contributed by atoms with Crippen LogP contribution in [0.3, 0.4) is 0 Å². The van der Waals surface area contributed by atoms with E-state index in [4.69, 9.17) is 21.1 Å². The number of carbonyl (C=O) groups excluding carboxylic acids is 1. The fraction of sp³-hybridized carbons (Fsp3) is 0.167. The normalized spacial score (nSPS) is 11.3. The average molecular weight is 550 g/mol. The Morgan fingerprint density at radius 2 is 1.81 bits per heavy atom. The topological polar surface area (TPSA) is 91.2 Å². The summed E-state index contributed by atoms with van der Waals surface area (Å²) in [5.41, 5.74) is 0.0754. The average Bonchev–Trinajstić information content (AvgIpc) is 3.31. The van der Waals surface area contributed by atoms with Gasteiger partial charge in [-0.3, -0.25) is 14.3 Å². The minimum atomic E-state index is -4.59. The Morgan fingerprint density at radius 3 is 2.49 bits per heavy atom. The summed E-state index contributed by atoms with van der Waals surface area (Å²) >= 11 is 7.31. The molecule has 1 N–H and O–H groups in total. The highest BCUT2D eigenvalue weighted by molar-refractivity contribution is 7.99. The van der Waals surface area contributed by atoms with Crippen LogP contribution in [0.2, 0.25) is 5.02 Å². The van der Waals surface area contributed by atoms with Crippen molar-refractivity contribution in [1.29, 1.82) is 0 Å². The van der Waals surface area contributed by atoms with Crippen molar-refractivity contribution in [3.63, 3.8) is 0 Å². The van der Waals surface area contributed by atoms with Crippen LogP contribution < -0.4 is 14.8 Å². The van der Waals surface area contributed by atoms with E-state index in [9.17, 15) is 18.0 Å². The number of amides is 1. The zero-order valence-corrected chi connectivity index (χ0v) is 21.0. The number of ether oxygens (including phenoxy) is 2. The molecule has 4 aromatic rings. The summed E-state index contributed by atoms with van der Waals surface area (Å²) in [6.07, 6.45) is -1.55. The lowest BCUT2D eigenvalue weighted by atomic mass is 10.2. The van der Waals surface area contributed by atoms with Crippen LogP contribution in [-0.4, -0.2) is 45.6 Å². The second-order valence-corrected chi connectivity index (χ2v) is 8.79. The van der Waals surface area contributed by atoms with Gasteiger partial charge in [0.25, 0.3) is 0 Å². The molecule has 2 aromatic carbocycles. The van der Waals surface area contributed by atoms with Crippen molar-refractivity contribution in [1.82, 2.24) is 19.7 Å². The lowest BCUT2D eigenvalue weighted by molar-refractivity contribution is -0.137. The maximum absolute atomic E-state index is 13.5. The number of halogens is 4. The molecule has 0 saturated carbocycles. The number of thioether (sulfide) groups is 1. The van der Waals surface area contributed by atoms with Gasteiger partial charge in [0.2, 0.25) is 5.91 Å². The highest BCUT2D eigenvalue weighted by Crippen LogP contribution is 2.37. The molecule has 0 saturated heterocycles. The van der Waals surface area contributed by atoms with Crippen molar-refractivity contribution >= 4 is 35.0 Å². The van der Waals surface area contributed by atoms with Crippen LogP contribution in [0.5, 0.6) is 11.5 Å². The molecule has 13 heteroatoms. The summed E-state index contributed by atoms with van der Waals surface area (Å²) in [6, 6.07) is 11.2. The molecule has 2 aromatic heterocycles. The van der Waals surface area contributed by atoms with Gasteiger partial charge in [-0.25, -0.2) is 0 Å². The van der Waals surface area contributed by atoms with Crippen molar-refractivity contribution in [3.05, 3.63) is 71.5 Å². The molecule has 0 spiro atoms. The number of carbonyl (C=O) groups is 1. The molecule has 2 heterocycles. The van der Waals surface area contributed by atoms with Gasteiger partial charge < -0.3 is 14.8 Å². The summed E-state index contributed by atoms with van der Waals surface area (Å²) < 4.78 is 52.3. The molecule has 0 aliphatic heterocycles. The first-order valence-electron chi connectivity index (χ1n) is 10.6. The van der Waals surface area contributed by atoms with Crippen LogP contribution in [-0.2, 0) is 11.0 Å². The number of hydrogen-bond donors (Lipinski definition) is 1. The largest absolute Gasteiger partial charge is 0.497 e. The molecule has 0 unspecified atom stereocenters. The number of anilines is 1. The fourth-order valence-electron chi connectivity index (χ4n) is 3.36. The van der Waals surface area contributed by atoms with E-state index in [2.05, 4.69) is 20.5 Å². The van der Waals surface area contributed by atoms with Crippen molar-refractivity contribution in [2.45, 2.75) is 11.3 Å². The third-order valence-electron chi connectivity index (χ3n) is 5.10. The SMILES string of the molecule is COc1ccc(OC)c(NC(=O)CSc2nnc(-c3ccncc3)n2-c2cc(C(F)(F)F)ccc2Cl)c1. The molecule has 0 radical (unpaired) electrons. The third kappa shape index (κ3) is 5.97. The second kappa shape index (κ2) is 11.1. The molecule has 192 valence electrons. The van der Waals surface area contributed by atoms with Crippen LogP contribution in [0.25, 0.3) is 17.1 Å². The molecule has 1 amide bonds. The quantitative estimate of drug-likeness (QED) is 0.280. The summed E-state index contributed by atoms with van der Waals surface area (Å²) in [5.74, 6) is 0.640. The third-order valence-corrected chi connectivity index (χ3v) is 6.35. The van der Waals surface area contributed by atoms with Gasteiger partial charge in [-0.1, -0.05) is 23.4 Å². The van der Waals surface area contributed by atoms with E-state index in [1.807, 2.05) is 0 Å². The van der Waals surface area contributed by atoms with E-state index < -0.39 is 17.6 Å². The molecular formula is C24H19ClF3N5O3S. The van der Waals surface area contributed by atoms with E-state index in [-0.39, 0.29) is 27.4 Å². The number of pyridine rings is 1. The van der Waals surface area contributed by atoms with Gasteiger partial charge in [-0.15, -0.1) is 10.2 Å². The smallest absolute Gasteiger partial charge is 0.416 e. The highest BCUT2D eigenvalue weighted by atomic mass is 35.5. The monoisotopic (exact) mass is 549 g/mol. The summed E-state index contributed by atoms with van der Waals surface area (Å²) in [5, 5.41) is 11.3. The number of aromatic nitrogens is 4. The van der Waals surface area contributed by atoms with Gasteiger partial charge in [0.1, 0.15) is 11.5 Å². The van der Waals surface area contributed by atoms with Crippen LogP contribution >= 0.6 is 23.4 Å².